The molecule has 0 saturated heterocycles. The number of aryl methyl sites for hydroxylation is 2. The fourth-order valence-electron chi connectivity index (χ4n) is 2.20. The van der Waals surface area contributed by atoms with Crippen LogP contribution in [0.1, 0.15) is 27.9 Å². The molecule has 1 aliphatic carbocycles. The van der Waals surface area contributed by atoms with Gasteiger partial charge in [0.15, 0.2) is 5.78 Å². The van der Waals surface area contributed by atoms with E-state index in [1.807, 2.05) is 12.1 Å². The van der Waals surface area contributed by atoms with Crippen LogP contribution in [0.15, 0.2) is 18.2 Å². The lowest BCUT2D eigenvalue weighted by molar-refractivity contribution is 0.102. The Labute approximate surface area is 118 Å². The summed E-state index contributed by atoms with van der Waals surface area (Å²) >= 11 is 1.39. The highest BCUT2D eigenvalue weighted by Crippen LogP contribution is 2.23. The predicted octanol–water partition coefficient (Wildman–Crippen LogP) is 2.14. The number of carbonyl (C=O) groups is 1. The second-order valence-electron chi connectivity index (χ2n) is 4.94. The van der Waals surface area contributed by atoms with Crippen LogP contribution in [0, 0.1) is 0 Å². The summed E-state index contributed by atoms with van der Waals surface area (Å²) < 4.78 is 22.0. The molecule has 0 unspecified atom stereocenters. The zero-order chi connectivity index (χ0) is 13.9. The Morgan fingerprint density at radius 1 is 1.26 bits per heavy atom. The van der Waals surface area contributed by atoms with E-state index in [0.717, 1.165) is 18.4 Å². The number of hydrogen-bond donors (Lipinski definition) is 0. The first-order valence-corrected chi connectivity index (χ1v) is 9.58. The van der Waals surface area contributed by atoms with Crippen LogP contribution in [-0.4, -0.2) is 37.7 Å². The number of thioether (sulfide) groups is 1. The molecule has 0 aliphatic heterocycles. The molecule has 19 heavy (non-hydrogen) atoms. The van der Waals surface area contributed by atoms with Crippen molar-refractivity contribution in [1.82, 2.24) is 0 Å². The molecule has 0 bridgehead atoms. The van der Waals surface area contributed by atoms with Gasteiger partial charge in [0.1, 0.15) is 9.84 Å². The first kappa shape index (κ1) is 14.6. The van der Waals surface area contributed by atoms with Gasteiger partial charge in [-0.25, -0.2) is 8.42 Å². The monoisotopic (exact) mass is 298 g/mol. The molecule has 2 rings (SSSR count). The van der Waals surface area contributed by atoms with Gasteiger partial charge in [-0.1, -0.05) is 12.1 Å². The van der Waals surface area contributed by atoms with E-state index in [2.05, 4.69) is 6.07 Å². The summed E-state index contributed by atoms with van der Waals surface area (Å²) in [6, 6.07) is 5.95. The van der Waals surface area contributed by atoms with Crippen LogP contribution in [0.3, 0.4) is 0 Å². The van der Waals surface area contributed by atoms with Crippen molar-refractivity contribution in [3.63, 3.8) is 0 Å². The minimum Gasteiger partial charge on any atom is -0.293 e. The molecule has 1 aromatic carbocycles. The number of Topliss-reactive ketones (excluding diaryl/α,β-unsaturated/α-hetero) is 1. The van der Waals surface area contributed by atoms with Gasteiger partial charge >= 0.3 is 0 Å². The maximum atomic E-state index is 12.0. The van der Waals surface area contributed by atoms with Gasteiger partial charge in [-0.05, 0) is 36.5 Å². The largest absolute Gasteiger partial charge is 0.293 e. The molecule has 0 radical (unpaired) electrons. The summed E-state index contributed by atoms with van der Waals surface area (Å²) in [5.74, 6) is 1.06. The van der Waals surface area contributed by atoms with Crippen LogP contribution < -0.4 is 0 Å². The first-order chi connectivity index (χ1) is 8.96. The van der Waals surface area contributed by atoms with Gasteiger partial charge < -0.3 is 0 Å². The number of hydrogen-bond acceptors (Lipinski definition) is 4. The molecule has 0 amide bonds. The molecule has 1 aromatic rings. The van der Waals surface area contributed by atoms with Gasteiger partial charge in [0.25, 0.3) is 0 Å². The van der Waals surface area contributed by atoms with E-state index in [-0.39, 0.29) is 11.5 Å². The quantitative estimate of drug-likeness (QED) is 0.596. The van der Waals surface area contributed by atoms with Crippen LogP contribution in [0.2, 0.25) is 0 Å². The third kappa shape index (κ3) is 4.35. The zero-order valence-corrected chi connectivity index (χ0v) is 12.6. The third-order valence-corrected chi connectivity index (χ3v) is 5.42. The van der Waals surface area contributed by atoms with E-state index in [9.17, 15) is 13.2 Å². The Bertz CT molecular complexity index is 576. The van der Waals surface area contributed by atoms with Crippen LogP contribution in [0.5, 0.6) is 0 Å². The number of fused-ring (bicyclic) bond motifs is 1. The van der Waals surface area contributed by atoms with Gasteiger partial charge in [-0.3, -0.25) is 4.79 Å². The number of benzene rings is 1. The molecule has 0 aromatic heterocycles. The minimum absolute atomic E-state index is 0.0909. The van der Waals surface area contributed by atoms with E-state index in [0.29, 0.717) is 11.5 Å². The molecule has 0 saturated carbocycles. The summed E-state index contributed by atoms with van der Waals surface area (Å²) in [5, 5.41) is 0. The number of ketones is 1. The van der Waals surface area contributed by atoms with Crippen molar-refractivity contribution >= 4 is 27.4 Å². The van der Waals surface area contributed by atoms with Crippen molar-refractivity contribution in [2.24, 2.45) is 0 Å². The first-order valence-electron chi connectivity index (χ1n) is 6.36. The lowest BCUT2D eigenvalue weighted by Gasteiger charge is -2.04. The molecule has 0 spiro atoms. The molecule has 0 N–H and O–H groups in total. The van der Waals surface area contributed by atoms with Crippen LogP contribution in [-0.2, 0) is 22.7 Å². The van der Waals surface area contributed by atoms with Crippen LogP contribution >= 0.6 is 11.8 Å². The Hall–Kier alpha value is -0.810. The Morgan fingerprint density at radius 2 is 2.00 bits per heavy atom. The van der Waals surface area contributed by atoms with E-state index in [1.54, 1.807) is 0 Å². The molecule has 0 fully saturated rings. The lowest BCUT2D eigenvalue weighted by atomic mass is 10.0. The zero-order valence-electron chi connectivity index (χ0n) is 11.0. The molecule has 0 atom stereocenters. The average molecular weight is 298 g/mol. The normalized spacial score (nSPS) is 14.4. The smallest absolute Gasteiger partial charge is 0.172 e. The van der Waals surface area contributed by atoms with Crippen molar-refractivity contribution in [2.75, 3.05) is 23.5 Å². The van der Waals surface area contributed by atoms with E-state index < -0.39 is 9.84 Å². The van der Waals surface area contributed by atoms with Gasteiger partial charge in [-0.2, -0.15) is 11.8 Å². The average Bonchev–Trinajstić information content (AvgIpc) is 2.80. The second-order valence-corrected chi connectivity index (χ2v) is 8.31. The number of carbonyl (C=O) groups excluding carboxylic acids is 1. The molecular formula is C14H18O3S2. The maximum Gasteiger partial charge on any atom is 0.172 e. The van der Waals surface area contributed by atoms with E-state index >= 15 is 0 Å². The summed E-state index contributed by atoms with van der Waals surface area (Å²) in [6.07, 6.45) is 4.58. The fourth-order valence-corrected chi connectivity index (χ4v) is 4.38. The van der Waals surface area contributed by atoms with E-state index in [4.69, 9.17) is 0 Å². The fraction of sp³-hybridized carbons (Fsp3) is 0.500. The standard InChI is InChI=1S/C14H18O3S2/c1-19(16,17)8-7-18-10-14(15)13-6-5-11-3-2-4-12(11)9-13/h5-6,9H,2-4,7-8,10H2,1H3. The van der Waals surface area contributed by atoms with E-state index in [1.165, 1.54) is 35.6 Å². The summed E-state index contributed by atoms with van der Waals surface area (Å²) in [7, 11) is -2.93. The molecule has 3 nitrogen and oxygen atoms in total. The summed E-state index contributed by atoms with van der Waals surface area (Å²) in [4.78, 5) is 12.0. The lowest BCUT2D eigenvalue weighted by Crippen LogP contribution is -2.08. The summed E-state index contributed by atoms with van der Waals surface area (Å²) in [5.41, 5.74) is 3.42. The van der Waals surface area contributed by atoms with Crippen molar-refractivity contribution in [1.29, 1.82) is 0 Å². The third-order valence-electron chi connectivity index (χ3n) is 3.25. The Balaban J connectivity index is 1.87. The highest BCUT2D eigenvalue weighted by Gasteiger charge is 2.14. The topological polar surface area (TPSA) is 51.2 Å². The highest BCUT2D eigenvalue weighted by molar-refractivity contribution is 8.01. The van der Waals surface area contributed by atoms with Crippen molar-refractivity contribution in [3.8, 4) is 0 Å². The molecule has 5 heteroatoms. The van der Waals surface area contributed by atoms with Crippen molar-refractivity contribution < 1.29 is 13.2 Å². The Morgan fingerprint density at radius 3 is 2.74 bits per heavy atom. The highest BCUT2D eigenvalue weighted by atomic mass is 32.2. The van der Waals surface area contributed by atoms with Crippen molar-refractivity contribution in [2.45, 2.75) is 19.3 Å². The SMILES string of the molecule is CS(=O)(=O)CCSCC(=O)c1ccc2c(c1)CCC2. The van der Waals surface area contributed by atoms with Gasteiger partial charge in [0, 0.05) is 17.6 Å². The molecule has 1 aliphatic rings. The van der Waals surface area contributed by atoms with Gasteiger partial charge in [0.2, 0.25) is 0 Å². The summed E-state index contributed by atoms with van der Waals surface area (Å²) in [6.45, 7) is 0. The van der Waals surface area contributed by atoms with Crippen LogP contribution in [0.4, 0.5) is 0 Å². The van der Waals surface area contributed by atoms with Crippen molar-refractivity contribution in [3.05, 3.63) is 34.9 Å². The van der Waals surface area contributed by atoms with Crippen LogP contribution in [0.25, 0.3) is 0 Å². The number of sulfone groups is 1. The van der Waals surface area contributed by atoms with Gasteiger partial charge in [0.05, 0.1) is 11.5 Å². The predicted molar refractivity (Wildman–Crippen MR) is 79.8 cm³/mol. The maximum absolute atomic E-state index is 12.0. The minimum atomic E-state index is -2.93. The molecule has 104 valence electrons. The second kappa shape index (κ2) is 6.09. The van der Waals surface area contributed by atoms with Gasteiger partial charge in [-0.15, -0.1) is 0 Å². The molecular weight excluding hydrogens is 280 g/mol. The number of rotatable bonds is 6. The molecule has 0 heterocycles. The Kier molecular flexibility index (Phi) is 4.68.